The standard InChI is InChI=1S/C21H19N/c1-3-20-18-11-7-8-12-19(18)21-14-13-17(15(2)22(20)21)16-9-5-4-6-10-16/h3-14,20-21H,1H2,2H3. The van der Waals surface area contributed by atoms with Crippen LogP contribution in [0.2, 0.25) is 0 Å². The van der Waals surface area contributed by atoms with E-state index >= 15 is 0 Å². The van der Waals surface area contributed by atoms with Crippen LogP contribution in [-0.4, -0.2) is 4.90 Å². The van der Waals surface area contributed by atoms with Gasteiger partial charge in [0.05, 0.1) is 12.1 Å². The molecule has 2 aliphatic rings. The van der Waals surface area contributed by atoms with E-state index in [1.807, 2.05) is 0 Å². The van der Waals surface area contributed by atoms with Crippen LogP contribution >= 0.6 is 0 Å². The highest BCUT2D eigenvalue weighted by molar-refractivity contribution is 5.78. The molecule has 0 aromatic heterocycles. The van der Waals surface area contributed by atoms with Crippen molar-refractivity contribution >= 4 is 5.57 Å². The molecular weight excluding hydrogens is 266 g/mol. The Morgan fingerprint density at radius 2 is 1.64 bits per heavy atom. The van der Waals surface area contributed by atoms with Crippen molar-refractivity contribution < 1.29 is 0 Å². The molecule has 0 aliphatic carbocycles. The molecule has 22 heavy (non-hydrogen) atoms. The summed E-state index contributed by atoms with van der Waals surface area (Å²) in [6.45, 7) is 6.30. The van der Waals surface area contributed by atoms with E-state index in [-0.39, 0.29) is 6.04 Å². The maximum atomic E-state index is 4.08. The van der Waals surface area contributed by atoms with Crippen molar-refractivity contribution in [2.24, 2.45) is 0 Å². The largest absolute Gasteiger partial charge is 0.353 e. The Morgan fingerprint density at radius 3 is 2.36 bits per heavy atom. The third kappa shape index (κ3) is 1.79. The minimum atomic E-state index is 0.255. The molecule has 108 valence electrons. The lowest BCUT2D eigenvalue weighted by Gasteiger charge is -2.35. The zero-order valence-electron chi connectivity index (χ0n) is 12.7. The number of nitrogens with zero attached hydrogens (tertiary/aromatic N) is 1. The molecule has 0 bridgehead atoms. The number of rotatable bonds is 2. The Balaban J connectivity index is 1.86. The lowest BCUT2D eigenvalue weighted by molar-refractivity contribution is 0.284. The van der Waals surface area contributed by atoms with Gasteiger partial charge in [0.2, 0.25) is 0 Å². The second-order valence-electron chi connectivity index (χ2n) is 5.89. The van der Waals surface area contributed by atoms with Crippen molar-refractivity contribution in [1.29, 1.82) is 0 Å². The van der Waals surface area contributed by atoms with Crippen molar-refractivity contribution in [2.75, 3.05) is 0 Å². The molecule has 0 radical (unpaired) electrons. The molecule has 2 aromatic carbocycles. The van der Waals surface area contributed by atoms with E-state index in [9.17, 15) is 0 Å². The minimum Gasteiger partial charge on any atom is -0.353 e. The average molecular weight is 285 g/mol. The highest BCUT2D eigenvalue weighted by atomic mass is 15.2. The van der Waals surface area contributed by atoms with Crippen LogP contribution in [0.15, 0.2) is 85.1 Å². The molecule has 4 rings (SSSR count). The average Bonchev–Trinajstić information content (AvgIpc) is 2.91. The molecule has 0 fully saturated rings. The molecule has 2 unspecified atom stereocenters. The number of allylic oxidation sites excluding steroid dienone is 3. The van der Waals surface area contributed by atoms with E-state index in [2.05, 4.69) is 91.2 Å². The summed E-state index contributed by atoms with van der Waals surface area (Å²) in [7, 11) is 0. The Kier molecular flexibility index (Phi) is 3.00. The molecule has 0 saturated carbocycles. The first-order valence-electron chi connectivity index (χ1n) is 7.75. The molecule has 2 heterocycles. The van der Waals surface area contributed by atoms with Crippen LogP contribution in [0, 0.1) is 0 Å². The van der Waals surface area contributed by atoms with Gasteiger partial charge in [-0.15, -0.1) is 6.58 Å². The predicted octanol–water partition coefficient (Wildman–Crippen LogP) is 5.27. The predicted molar refractivity (Wildman–Crippen MR) is 92.1 cm³/mol. The molecule has 1 nitrogen and oxygen atoms in total. The third-order valence-corrected chi connectivity index (χ3v) is 4.76. The van der Waals surface area contributed by atoms with Gasteiger partial charge >= 0.3 is 0 Å². The van der Waals surface area contributed by atoms with Gasteiger partial charge in [0.25, 0.3) is 0 Å². The smallest absolute Gasteiger partial charge is 0.0740 e. The van der Waals surface area contributed by atoms with Gasteiger partial charge in [-0.25, -0.2) is 0 Å². The van der Waals surface area contributed by atoms with Crippen molar-refractivity contribution in [3.63, 3.8) is 0 Å². The van der Waals surface area contributed by atoms with E-state index in [0.29, 0.717) is 6.04 Å². The highest BCUT2D eigenvalue weighted by Crippen LogP contribution is 2.49. The lowest BCUT2D eigenvalue weighted by atomic mass is 9.96. The van der Waals surface area contributed by atoms with Crippen LogP contribution in [0.25, 0.3) is 5.57 Å². The first kappa shape index (κ1) is 13.1. The molecule has 0 amide bonds. The molecule has 2 atom stereocenters. The highest BCUT2D eigenvalue weighted by Gasteiger charge is 2.37. The van der Waals surface area contributed by atoms with Crippen LogP contribution in [0.5, 0.6) is 0 Å². The summed E-state index contributed by atoms with van der Waals surface area (Å²) < 4.78 is 0. The fourth-order valence-electron chi connectivity index (χ4n) is 3.75. The van der Waals surface area contributed by atoms with E-state index in [1.54, 1.807) is 0 Å². The molecule has 1 heteroatoms. The number of benzene rings is 2. The lowest BCUT2D eigenvalue weighted by Crippen LogP contribution is -2.25. The van der Waals surface area contributed by atoms with Gasteiger partial charge in [-0.1, -0.05) is 72.8 Å². The third-order valence-electron chi connectivity index (χ3n) is 4.76. The normalized spacial score (nSPS) is 22.5. The maximum absolute atomic E-state index is 4.08. The van der Waals surface area contributed by atoms with Crippen molar-refractivity contribution in [3.05, 3.63) is 102 Å². The summed E-state index contributed by atoms with van der Waals surface area (Å²) in [6.07, 6.45) is 6.65. The van der Waals surface area contributed by atoms with Crippen molar-refractivity contribution in [3.8, 4) is 0 Å². The van der Waals surface area contributed by atoms with E-state index in [4.69, 9.17) is 0 Å². The second kappa shape index (κ2) is 5.03. The quantitative estimate of drug-likeness (QED) is 0.679. The first-order chi connectivity index (χ1) is 10.8. The number of hydrogen-bond donors (Lipinski definition) is 0. The van der Waals surface area contributed by atoms with Crippen LogP contribution in [0.3, 0.4) is 0 Å². The topological polar surface area (TPSA) is 3.24 Å². The summed E-state index contributed by atoms with van der Waals surface area (Å²) in [5, 5.41) is 0. The fourth-order valence-corrected chi connectivity index (χ4v) is 3.75. The van der Waals surface area contributed by atoms with Gasteiger partial charge in [-0.3, -0.25) is 0 Å². The van der Waals surface area contributed by atoms with E-state index in [0.717, 1.165) is 0 Å². The number of fused-ring (bicyclic) bond motifs is 3. The van der Waals surface area contributed by atoms with Crippen molar-refractivity contribution in [2.45, 2.75) is 19.0 Å². The molecule has 2 aromatic rings. The molecular formula is C21H19N. The Labute approximate surface area is 131 Å². The van der Waals surface area contributed by atoms with Gasteiger partial charge in [0, 0.05) is 11.3 Å². The Morgan fingerprint density at radius 1 is 0.955 bits per heavy atom. The van der Waals surface area contributed by atoms with Crippen LogP contribution < -0.4 is 0 Å². The molecule has 0 spiro atoms. The first-order valence-corrected chi connectivity index (χ1v) is 7.75. The monoisotopic (exact) mass is 285 g/mol. The summed E-state index contributed by atoms with van der Waals surface area (Å²) in [5.41, 5.74) is 6.67. The number of hydrogen-bond acceptors (Lipinski definition) is 1. The van der Waals surface area contributed by atoms with Gasteiger partial charge in [-0.05, 0) is 23.6 Å². The van der Waals surface area contributed by atoms with Gasteiger partial charge in [0.1, 0.15) is 0 Å². The zero-order chi connectivity index (χ0) is 15.1. The second-order valence-corrected chi connectivity index (χ2v) is 5.89. The minimum absolute atomic E-state index is 0.255. The van der Waals surface area contributed by atoms with Crippen molar-refractivity contribution in [1.82, 2.24) is 4.90 Å². The summed E-state index contributed by atoms with van der Waals surface area (Å²) in [4.78, 5) is 2.49. The molecule has 0 saturated heterocycles. The van der Waals surface area contributed by atoms with Gasteiger partial charge in [-0.2, -0.15) is 0 Å². The summed E-state index contributed by atoms with van der Waals surface area (Å²) in [5.74, 6) is 0. The SMILES string of the molecule is C=CC1c2ccccc2C2C=CC(c3ccccc3)=C(C)N12. The van der Waals surface area contributed by atoms with Gasteiger partial charge in [0.15, 0.2) is 0 Å². The molecule has 0 N–H and O–H groups in total. The van der Waals surface area contributed by atoms with E-state index < -0.39 is 0 Å². The Bertz CT molecular complexity index is 758. The molecule has 2 aliphatic heterocycles. The maximum Gasteiger partial charge on any atom is 0.0740 e. The van der Waals surface area contributed by atoms with E-state index in [1.165, 1.54) is 28.0 Å². The summed E-state index contributed by atoms with van der Waals surface area (Å²) in [6, 6.07) is 19.9. The van der Waals surface area contributed by atoms with Gasteiger partial charge < -0.3 is 4.90 Å². The van der Waals surface area contributed by atoms with Crippen LogP contribution in [0.1, 0.15) is 35.7 Å². The summed E-state index contributed by atoms with van der Waals surface area (Å²) >= 11 is 0. The van der Waals surface area contributed by atoms with Crippen LogP contribution in [-0.2, 0) is 0 Å². The Hall–Kier alpha value is -2.54. The fraction of sp³-hybridized carbons (Fsp3) is 0.143. The van der Waals surface area contributed by atoms with Crippen LogP contribution in [0.4, 0.5) is 0 Å². The zero-order valence-corrected chi connectivity index (χ0v) is 12.7.